The number of amides is 5. The molecule has 2 saturated heterocycles. The highest BCUT2D eigenvalue weighted by molar-refractivity contribution is 5.99. The molecule has 1 aromatic rings. The van der Waals surface area contributed by atoms with Gasteiger partial charge in [0, 0.05) is 31.1 Å². The molecule has 0 radical (unpaired) electrons. The van der Waals surface area contributed by atoms with Gasteiger partial charge in [0.15, 0.2) is 0 Å². The van der Waals surface area contributed by atoms with Crippen molar-refractivity contribution in [2.24, 2.45) is 0 Å². The van der Waals surface area contributed by atoms with Crippen LogP contribution in [0.4, 0.5) is 0 Å². The maximum atomic E-state index is 13.9. The summed E-state index contributed by atoms with van der Waals surface area (Å²) in [5, 5.41) is 20.4. The molecule has 0 saturated carbocycles. The Morgan fingerprint density at radius 3 is 2.49 bits per heavy atom. The maximum Gasteiger partial charge on any atom is 0.326 e. The van der Waals surface area contributed by atoms with Gasteiger partial charge in [-0.25, -0.2) is 4.79 Å². The molecular formula is C28H39N5O8. The van der Waals surface area contributed by atoms with Gasteiger partial charge in [0.2, 0.25) is 23.6 Å². The normalized spacial score (nSPS) is 24.4. The highest BCUT2D eigenvalue weighted by Crippen LogP contribution is 2.22. The molecule has 13 heteroatoms. The van der Waals surface area contributed by atoms with Crippen LogP contribution in [0.15, 0.2) is 30.3 Å². The smallest absolute Gasteiger partial charge is 0.326 e. The number of carbonyl (C=O) groups is 6. The molecule has 1 aromatic carbocycles. The number of nitrogens with one attached hydrogen (secondary N) is 4. The van der Waals surface area contributed by atoms with Gasteiger partial charge in [0.1, 0.15) is 24.7 Å². The molecule has 3 rings (SSSR count). The monoisotopic (exact) mass is 573 g/mol. The number of hydrogen-bond donors (Lipinski definition) is 5. The van der Waals surface area contributed by atoms with Gasteiger partial charge in [0.25, 0.3) is 5.91 Å². The Balaban J connectivity index is 1.87. The van der Waals surface area contributed by atoms with E-state index in [4.69, 9.17) is 4.74 Å². The van der Waals surface area contributed by atoms with Crippen molar-refractivity contribution in [2.75, 3.05) is 19.7 Å². The first-order valence-electron chi connectivity index (χ1n) is 13.9. The summed E-state index contributed by atoms with van der Waals surface area (Å²) in [6, 6.07) is 4.35. The van der Waals surface area contributed by atoms with Crippen molar-refractivity contribution in [1.82, 2.24) is 26.2 Å². The average molecular weight is 574 g/mol. The van der Waals surface area contributed by atoms with Crippen LogP contribution in [-0.4, -0.2) is 95.5 Å². The topological polar surface area (TPSA) is 183 Å². The van der Waals surface area contributed by atoms with E-state index in [1.165, 1.54) is 4.90 Å². The van der Waals surface area contributed by atoms with Gasteiger partial charge in [0.05, 0.1) is 6.10 Å². The second kappa shape index (κ2) is 15.1. The lowest BCUT2D eigenvalue weighted by molar-refractivity contribution is -0.144. The third kappa shape index (κ3) is 9.55. The van der Waals surface area contributed by atoms with Gasteiger partial charge < -0.3 is 36.0 Å². The van der Waals surface area contributed by atoms with Crippen LogP contribution in [0.3, 0.4) is 0 Å². The summed E-state index contributed by atoms with van der Waals surface area (Å²) >= 11 is 0. The first kappa shape index (κ1) is 31.5. The minimum atomic E-state index is -1.35. The number of rotatable bonds is 7. The summed E-state index contributed by atoms with van der Waals surface area (Å²) in [7, 11) is 0. The zero-order valence-corrected chi connectivity index (χ0v) is 23.4. The molecule has 0 bridgehead atoms. The lowest BCUT2D eigenvalue weighted by Gasteiger charge is -2.29. The number of hydrogen-bond acceptors (Lipinski definition) is 7. The third-order valence-corrected chi connectivity index (χ3v) is 6.96. The highest BCUT2D eigenvalue weighted by atomic mass is 16.5. The highest BCUT2D eigenvalue weighted by Gasteiger charge is 2.43. The number of ether oxygens (including phenoxy) is 1. The predicted molar refractivity (Wildman–Crippen MR) is 146 cm³/mol. The minimum Gasteiger partial charge on any atom is -0.480 e. The van der Waals surface area contributed by atoms with Gasteiger partial charge in [-0.2, -0.15) is 0 Å². The molecule has 2 aliphatic heterocycles. The summed E-state index contributed by atoms with van der Waals surface area (Å²) in [5.74, 6) is -3.77. The second-order valence-electron chi connectivity index (χ2n) is 10.5. The molecule has 0 aromatic heterocycles. The van der Waals surface area contributed by atoms with Crippen molar-refractivity contribution in [1.29, 1.82) is 0 Å². The Bertz CT molecular complexity index is 1110. The van der Waals surface area contributed by atoms with Crippen LogP contribution in [0.25, 0.3) is 0 Å². The summed E-state index contributed by atoms with van der Waals surface area (Å²) in [6.07, 6.45) is 0.892. The van der Waals surface area contributed by atoms with Crippen molar-refractivity contribution in [2.45, 2.75) is 82.6 Å². The fourth-order valence-electron chi connectivity index (χ4n) is 4.82. The largest absolute Gasteiger partial charge is 0.480 e. The van der Waals surface area contributed by atoms with Crippen LogP contribution in [0.1, 0.15) is 62.7 Å². The van der Waals surface area contributed by atoms with E-state index in [1.54, 1.807) is 44.2 Å². The van der Waals surface area contributed by atoms with Crippen LogP contribution >= 0.6 is 0 Å². The van der Waals surface area contributed by atoms with Crippen LogP contribution in [0.5, 0.6) is 0 Å². The first-order valence-corrected chi connectivity index (χ1v) is 13.9. The van der Waals surface area contributed by atoms with Gasteiger partial charge in [-0.15, -0.1) is 0 Å². The molecule has 5 N–H and O–H groups in total. The second-order valence-corrected chi connectivity index (χ2v) is 10.5. The molecule has 2 heterocycles. The summed E-state index contributed by atoms with van der Waals surface area (Å²) in [6.45, 7) is 3.68. The lowest BCUT2D eigenvalue weighted by Crippen LogP contribution is -2.55. The molecular weight excluding hydrogens is 534 g/mol. The van der Waals surface area contributed by atoms with E-state index in [0.717, 1.165) is 0 Å². The van der Waals surface area contributed by atoms with Crippen molar-refractivity contribution < 1.29 is 38.6 Å². The fraction of sp³-hybridized carbons (Fsp3) is 0.571. The number of fused-ring (bicyclic) bond motifs is 1. The number of carboxylic acid groups (broad SMARTS) is 1. The summed E-state index contributed by atoms with van der Waals surface area (Å²) in [5.41, 5.74) is 0.360. The Hall–Kier alpha value is -4.00. The molecule has 0 aliphatic carbocycles. The van der Waals surface area contributed by atoms with Crippen LogP contribution < -0.4 is 21.3 Å². The minimum absolute atomic E-state index is 0.0141. The standard InChI is InChI=1S/C28H39N5O8/c1-17(2)41-16-24(35)30-19-14-22-26(37)32-21(28(39)40)11-12-23(34)29-13-7-6-10-20(27(38)33(22)15-19)31-25(36)18-8-4-3-5-9-18/h3-5,8-9,17,19-22H,6-7,10-16H2,1-2H3,(H,29,34)(H,30,35)(H,31,36)(H,32,37)(H,39,40)/t19-,20+,21+,22+/m1/s1. The maximum absolute atomic E-state index is 13.9. The van der Waals surface area contributed by atoms with Gasteiger partial charge in [-0.05, 0) is 58.1 Å². The SMILES string of the molecule is CC(C)OCC(=O)N[C@@H]1C[C@H]2C(=O)N[C@H](C(=O)O)CCC(=O)NCCCC[C@H](NC(=O)c3ccccc3)C(=O)N2C1. The predicted octanol–water partition coefficient (Wildman–Crippen LogP) is -0.0546. The first-order chi connectivity index (χ1) is 19.5. The molecule has 41 heavy (non-hydrogen) atoms. The van der Waals surface area contributed by atoms with E-state index in [1.807, 2.05) is 0 Å². The Labute approximate surface area is 238 Å². The number of nitrogens with zero attached hydrogens (tertiary/aromatic N) is 1. The van der Waals surface area contributed by atoms with Crippen molar-refractivity contribution in [3.63, 3.8) is 0 Å². The number of aliphatic carboxylic acids is 1. The molecule has 4 atom stereocenters. The van der Waals surface area contributed by atoms with Gasteiger partial charge in [-0.1, -0.05) is 18.2 Å². The van der Waals surface area contributed by atoms with E-state index in [-0.39, 0.29) is 50.8 Å². The Kier molecular flexibility index (Phi) is 11.6. The van der Waals surface area contributed by atoms with Crippen molar-refractivity contribution in [3.05, 3.63) is 35.9 Å². The summed E-state index contributed by atoms with van der Waals surface area (Å²) < 4.78 is 5.34. The average Bonchev–Trinajstić information content (AvgIpc) is 3.36. The zero-order valence-electron chi connectivity index (χ0n) is 23.4. The number of benzene rings is 1. The van der Waals surface area contributed by atoms with E-state index >= 15 is 0 Å². The van der Waals surface area contributed by atoms with Crippen LogP contribution in [-0.2, 0) is 28.7 Å². The third-order valence-electron chi connectivity index (χ3n) is 6.96. The molecule has 224 valence electrons. The van der Waals surface area contributed by atoms with E-state index in [0.29, 0.717) is 24.9 Å². The van der Waals surface area contributed by atoms with Crippen molar-refractivity contribution >= 4 is 35.5 Å². The van der Waals surface area contributed by atoms with E-state index in [9.17, 15) is 33.9 Å². The van der Waals surface area contributed by atoms with E-state index < -0.39 is 53.8 Å². The fourth-order valence-corrected chi connectivity index (χ4v) is 4.82. The molecule has 13 nitrogen and oxygen atoms in total. The molecule has 0 unspecified atom stereocenters. The quantitative estimate of drug-likeness (QED) is 0.301. The summed E-state index contributed by atoms with van der Waals surface area (Å²) in [4.78, 5) is 78.1. The van der Waals surface area contributed by atoms with Gasteiger partial charge in [-0.3, -0.25) is 24.0 Å². The molecule has 5 amide bonds. The number of carbonyl (C=O) groups excluding carboxylic acids is 5. The molecule has 0 spiro atoms. The van der Waals surface area contributed by atoms with Crippen molar-refractivity contribution in [3.8, 4) is 0 Å². The van der Waals surface area contributed by atoms with Crippen LogP contribution in [0.2, 0.25) is 0 Å². The Morgan fingerprint density at radius 2 is 1.80 bits per heavy atom. The lowest BCUT2D eigenvalue weighted by atomic mass is 10.1. The van der Waals surface area contributed by atoms with Crippen LogP contribution in [0, 0.1) is 0 Å². The Morgan fingerprint density at radius 1 is 1.07 bits per heavy atom. The van der Waals surface area contributed by atoms with Gasteiger partial charge >= 0.3 is 5.97 Å². The van der Waals surface area contributed by atoms with E-state index in [2.05, 4.69) is 21.3 Å². The zero-order chi connectivity index (χ0) is 29.9. The molecule has 2 aliphatic rings. The number of carboxylic acids is 1. The molecule has 2 fully saturated rings.